The van der Waals surface area contributed by atoms with Gasteiger partial charge in [-0.15, -0.1) is 22.7 Å². The SMILES string of the molecule is CNc1ncc(CCc2cnc(N)s2)s1. The summed E-state index contributed by atoms with van der Waals surface area (Å²) in [5.41, 5.74) is 5.56. The van der Waals surface area contributed by atoms with Crippen LogP contribution in [0.4, 0.5) is 10.3 Å². The number of nitrogens with one attached hydrogen (secondary N) is 1. The molecule has 0 aromatic carbocycles. The molecule has 3 N–H and O–H groups in total. The van der Waals surface area contributed by atoms with Crippen LogP contribution in [-0.2, 0) is 12.8 Å². The fourth-order valence-electron chi connectivity index (χ4n) is 1.22. The third-order valence-electron chi connectivity index (χ3n) is 1.96. The van der Waals surface area contributed by atoms with Crippen molar-refractivity contribution < 1.29 is 0 Å². The van der Waals surface area contributed by atoms with Crippen LogP contribution < -0.4 is 11.1 Å². The molecule has 0 atom stereocenters. The fraction of sp³-hybridized carbons (Fsp3) is 0.333. The highest BCUT2D eigenvalue weighted by molar-refractivity contribution is 7.16. The molecular weight excluding hydrogens is 228 g/mol. The Labute approximate surface area is 96.2 Å². The van der Waals surface area contributed by atoms with Gasteiger partial charge in [0.15, 0.2) is 10.3 Å². The van der Waals surface area contributed by atoms with Crippen molar-refractivity contribution >= 4 is 32.9 Å². The Hall–Kier alpha value is -1.14. The van der Waals surface area contributed by atoms with Crippen LogP contribution >= 0.6 is 22.7 Å². The average Bonchev–Trinajstić information content (AvgIpc) is 2.83. The van der Waals surface area contributed by atoms with Gasteiger partial charge in [-0.1, -0.05) is 0 Å². The third kappa shape index (κ3) is 2.66. The predicted octanol–water partition coefficient (Wildman–Crippen LogP) is 2.01. The fourth-order valence-corrected chi connectivity index (χ4v) is 2.67. The molecule has 0 fully saturated rings. The quantitative estimate of drug-likeness (QED) is 0.858. The number of hydrogen-bond donors (Lipinski definition) is 2. The minimum atomic E-state index is 0.644. The van der Waals surface area contributed by atoms with Gasteiger partial charge < -0.3 is 11.1 Å². The van der Waals surface area contributed by atoms with E-state index in [2.05, 4.69) is 15.3 Å². The van der Waals surface area contributed by atoms with Gasteiger partial charge in [-0.3, -0.25) is 0 Å². The summed E-state index contributed by atoms with van der Waals surface area (Å²) in [5, 5.41) is 4.64. The van der Waals surface area contributed by atoms with Gasteiger partial charge in [-0.2, -0.15) is 0 Å². The van der Waals surface area contributed by atoms with Crippen molar-refractivity contribution in [2.24, 2.45) is 0 Å². The zero-order chi connectivity index (χ0) is 10.7. The predicted molar refractivity (Wildman–Crippen MR) is 65.6 cm³/mol. The molecule has 2 aromatic heterocycles. The summed E-state index contributed by atoms with van der Waals surface area (Å²) in [6.07, 6.45) is 5.75. The van der Waals surface area contributed by atoms with E-state index in [0.717, 1.165) is 18.0 Å². The van der Waals surface area contributed by atoms with E-state index in [1.165, 1.54) is 9.75 Å². The number of aryl methyl sites for hydroxylation is 2. The van der Waals surface area contributed by atoms with Crippen LogP contribution in [0.2, 0.25) is 0 Å². The van der Waals surface area contributed by atoms with Crippen molar-refractivity contribution in [2.45, 2.75) is 12.8 Å². The first-order chi connectivity index (χ1) is 7.28. The molecule has 2 aromatic rings. The van der Waals surface area contributed by atoms with Crippen molar-refractivity contribution in [2.75, 3.05) is 18.1 Å². The maximum atomic E-state index is 5.56. The molecule has 0 amide bonds. The summed E-state index contributed by atoms with van der Waals surface area (Å²) in [5.74, 6) is 0. The number of anilines is 2. The van der Waals surface area contributed by atoms with Crippen LogP contribution in [0.15, 0.2) is 12.4 Å². The molecule has 0 saturated heterocycles. The summed E-state index contributed by atoms with van der Waals surface area (Å²) in [7, 11) is 1.88. The summed E-state index contributed by atoms with van der Waals surface area (Å²) < 4.78 is 0. The second kappa shape index (κ2) is 4.59. The van der Waals surface area contributed by atoms with Crippen LogP contribution in [-0.4, -0.2) is 17.0 Å². The zero-order valence-electron chi connectivity index (χ0n) is 8.36. The molecule has 0 aliphatic carbocycles. The van der Waals surface area contributed by atoms with Gasteiger partial charge in [0.25, 0.3) is 0 Å². The Balaban J connectivity index is 1.93. The van der Waals surface area contributed by atoms with Gasteiger partial charge in [0.2, 0.25) is 0 Å². The van der Waals surface area contributed by atoms with E-state index < -0.39 is 0 Å². The minimum Gasteiger partial charge on any atom is -0.375 e. The third-order valence-corrected chi connectivity index (χ3v) is 3.92. The standard InChI is InChI=1S/C9H12N4S2/c1-11-9-13-5-7(15-9)3-2-6-4-12-8(10)14-6/h4-5H,2-3H2,1H3,(H2,10,12)(H,11,13). The molecule has 15 heavy (non-hydrogen) atoms. The van der Waals surface area contributed by atoms with E-state index in [-0.39, 0.29) is 0 Å². The largest absolute Gasteiger partial charge is 0.375 e. The molecule has 0 aliphatic rings. The van der Waals surface area contributed by atoms with Gasteiger partial charge in [0.1, 0.15) is 0 Å². The van der Waals surface area contributed by atoms with Crippen molar-refractivity contribution in [3.05, 3.63) is 22.1 Å². The first kappa shape index (κ1) is 10.4. The second-order valence-corrected chi connectivity index (χ2v) is 5.31. The number of thiazole rings is 2. The smallest absolute Gasteiger partial charge is 0.182 e. The molecule has 0 radical (unpaired) electrons. The number of hydrogen-bond acceptors (Lipinski definition) is 6. The van der Waals surface area contributed by atoms with Gasteiger partial charge in [0, 0.05) is 29.2 Å². The maximum absolute atomic E-state index is 5.56. The maximum Gasteiger partial charge on any atom is 0.182 e. The van der Waals surface area contributed by atoms with E-state index in [9.17, 15) is 0 Å². The summed E-state index contributed by atoms with van der Waals surface area (Å²) in [6, 6.07) is 0. The topological polar surface area (TPSA) is 63.8 Å². The highest BCUT2D eigenvalue weighted by Gasteiger charge is 2.03. The number of nitrogen functional groups attached to an aromatic ring is 1. The summed E-state index contributed by atoms with van der Waals surface area (Å²) in [6.45, 7) is 0. The van der Waals surface area contributed by atoms with Crippen LogP contribution in [0.5, 0.6) is 0 Å². The molecule has 4 nitrogen and oxygen atoms in total. The van der Waals surface area contributed by atoms with Crippen molar-refractivity contribution in [3.63, 3.8) is 0 Å². The van der Waals surface area contributed by atoms with E-state index in [0.29, 0.717) is 5.13 Å². The first-order valence-corrected chi connectivity index (χ1v) is 6.24. The second-order valence-electron chi connectivity index (χ2n) is 3.05. The zero-order valence-corrected chi connectivity index (χ0v) is 9.99. The van der Waals surface area contributed by atoms with Gasteiger partial charge in [-0.25, -0.2) is 9.97 Å². The van der Waals surface area contributed by atoms with Crippen LogP contribution in [0.25, 0.3) is 0 Å². The lowest BCUT2D eigenvalue weighted by molar-refractivity contribution is 0.994. The lowest BCUT2D eigenvalue weighted by Gasteiger charge is -1.92. The molecule has 80 valence electrons. The highest BCUT2D eigenvalue weighted by atomic mass is 32.1. The molecule has 6 heteroatoms. The van der Waals surface area contributed by atoms with E-state index in [1.54, 1.807) is 22.7 Å². The normalized spacial score (nSPS) is 10.5. The van der Waals surface area contributed by atoms with Crippen molar-refractivity contribution in [3.8, 4) is 0 Å². The van der Waals surface area contributed by atoms with Gasteiger partial charge in [-0.05, 0) is 12.8 Å². The van der Waals surface area contributed by atoms with E-state index in [4.69, 9.17) is 5.73 Å². The monoisotopic (exact) mass is 240 g/mol. The lowest BCUT2D eigenvalue weighted by Crippen LogP contribution is -1.84. The molecule has 2 rings (SSSR count). The van der Waals surface area contributed by atoms with E-state index >= 15 is 0 Å². The number of nitrogens with zero attached hydrogens (tertiary/aromatic N) is 2. The minimum absolute atomic E-state index is 0.644. The average molecular weight is 240 g/mol. The van der Waals surface area contributed by atoms with Crippen LogP contribution in [0.3, 0.4) is 0 Å². The summed E-state index contributed by atoms with van der Waals surface area (Å²) in [4.78, 5) is 10.8. The first-order valence-electron chi connectivity index (χ1n) is 4.60. The molecule has 0 unspecified atom stereocenters. The molecular formula is C9H12N4S2. The molecule has 0 spiro atoms. The number of nitrogens with two attached hydrogens (primary N) is 1. The Morgan fingerprint density at radius 3 is 2.40 bits per heavy atom. The Bertz CT molecular complexity index is 435. The summed E-state index contributed by atoms with van der Waals surface area (Å²) >= 11 is 3.24. The number of rotatable bonds is 4. The Morgan fingerprint density at radius 2 is 1.87 bits per heavy atom. The lowest BCUT2D eigenvalue weighted by atomic mass is 10.2. The van der Waals surface area contributed by atoms with Crippen molar-refractivity contribution in [1.82, 2.24) is 9.97 Å². The van der Waals surface area contributed by atoms with Crippen LogP contribution in [0, 0.1) is 0 Å². The van der Waals surface area contributed by atoms with Crippen molar-refractivity contribution in [1.29, 1.82) is 0 Å². The number of aromatic nitrogens is 2. The van der Waals surface area contributed by atoms with Gasteiger partial charge >= 0.3 is 0 Å². The molecule has 0 bridgehead atoms. The Morgan fingerprint density at radius 1 is 1.20 bits per heavy atom. The van der Waals surface area contributed by atoms with Gasteiger partial charge in [0.05, 0.1) is 0 Å². The molecule has 0 saturated carbocycles. The molecule has 0 aliphatic heterocycles. The Kier molecular flexibility index (Phi) is 3.17. The molecule has 2 heterocycles. The highest BCUT2D eigenvalue weighted by Crippen LogP contribution is 2.21. The van der Waals surface area contributed by atoms with Crippen LogP contribution in [0.1, 0.15) is 9.75 Å². The van der Waals surface area contributed by atoms with E-state index in [1.807, 2.05) is 19.4 Å².